The van der Waals surface area contributed by atoms with Crippen LogP contribution in [0.3, 0.4) is 0 Å². The second-order valence-electron chi connectivity index (χ2n) is 5.98. The zero-order valence-electron chi connectivity index (χ0n) is 14.4. The number of benzene rings is 1. The van der Waals surface area contributed by atoms with Crippen LogP contribution in [0.5, 0.6) is 0 Å². The van der Waals surface area contributed by atoms with Gasteiger partial charge in [-0.1, -0.05) is 0 Å². The number of amides is 1. The molecule has 0 radical (unpaired) electrons. The number of ether oxygens (including phenoxy) is 1. The van der Waals surface area contributed by atoms with Gasteiger partial charge in [-0.25, -0.2) is 19.4 Å². The number of fused-ring (bicyclic) bond motifs is 5. The highest BCUT2D eigenvalue weighted by atomic mass is 16.5. The molecule has 4 rings (SSSR count). The van der Waals surface area contributed by atoms with Crippen LogP contribution in [-0.2, 0) is 16.1 Å². The minimum absolute atomic E-state index is 0.0266. The number of carboxylic acid groups (broad SMARTS) is 1. The molecule has 2 N–H and O–H groups in total. The number of imidazole rings is 1. The summed E-state index contributed by atoms with van der Waals surface area (Å²) < 4.78 is 8.24. The number of rotatable bonds is 5. The van der Waals surface area contributed by atoms with E-state index in [-0.39, 0.29) is 24.6 Å². The van der Waals surface area contributed by atoms with Gasteiger partial charge in [0.25, 0.3) is 0 Å². The molecule has 3 heterocycles. The molecule has 0 unspecified atom stereocenters. The molecule has 3 aromatic rings. The number of carbonyl (C=O) groups is 2. The maximum atomic E-state index is 12.0. The van der Waals surface area contributed by atoms with Crippen molar-refractivity contribution in [2.45, 2.75) is 13.0 Å². The molecule has 0 atom stereocenters. The quantitative estimate of drug-likeness (QED) is 0.542. The predicted octanol–water partition coefficient (Wildman–Crippen LogP) is 1.17. The normalized spacial score (nSPS) is 11.9. The molecular formula is C17H16N6O4. The van der Waals surface area contributed by atoms with Crippen molar-refractivity contribution in [3.63, 3.8) is 0 Å². The number of hydrogen-bond acceptors (Lipinski definition) is 6. The molecule has 2 aromatic heterocycles. The van der Waals surface area contributed by atoms with E-state index in [9.17, 15) is 14.7 Å². The highest BCUT2D eigenvalue weighted by molar-refractivity contribution is 5.92. The number of aromatic carboxylic acids is 1. The fraction of sp³-hybridized carbons (Fsp3) is 0.235. The van der Waals surface area contributed by atoms with E-state index >= 15 is 0 Å². The van der Waals surface area contributed by atoms with Crippen LogP contribution in [0.25, 0.3) is 17.1 Å². The lowest BCUT2D eigenvalue weighted by Crippen LogP contribution is -2.13. The molecule has 1 aromatic carbocycles. The Morgan fingerprint density at radius 1 is 1.33 bits per heavy atom. The van der Waals surface area contributed by atoms with Crippen LogP contribution in [0, 0.1) is 0 Å². The molecular weight excluding hydrogens is 352 g/mol. The van der Waals surface area contributed by atoms with Crippen molar-refractivity contribution in [3.05, 3.63) is 42.2 Å². The summed E-state index contributed by atoms with van der Waals surface area (Å²) in [6, 6.07) is 5.33. The number of carboxylic acids is 1. The van der Waals surface area contributed by atoms with Gasteiger partial charge in [0, 0.05) is 18.4 Å². The van der Waals surface area contributed by atoms with Gasteiger partial charge in [0.15, 0.2) is 11.5 Å². The standard InChI is InChI=1S/C17H16N6O4/c1-27-5-4-14(24)21-10-2-3-12-11(6-10)16-18-8-20-23(16)7-13-15(17(25)26)19-9-22(12)13/h2-3,6,8-9H,4-5,7H2,1H3,(H,21,24)(H,25,26). The summed E-state index contributed by atoms with van der Waals surface area (Å²) in [5, 5.41) is 16.4. The molecule has 0 saturated heterocycles. The second kappa shape index (κ2) is 6.65. The predicted molar refractivity (Wildman–Crippen MR) is 93.8 cm³/mol. The van der Waals surface area contributed by atoms with Gasteiger partial charge in [-0.15, -0.1) is 0 Å². The van der Waals surface area contributed by atoms with Gasteiger partial charge in [0.1, 0.15) is 12.7 Å². The third-order valence-electron chi connectivity index (χ3n) is 4.30. The maximum Gasteiger partial charge on any atom is 0.356 e. The van der Waals surface area contributed by atoms with Gasteiger partial charge in [0.2, 0.25) is 5.91 Å². The Hall–Kier alpha value is -3.53. The monoisotopic (exact) mass is 368 g/mol. The molecule has 0 spiro atoms. The Morgan fingerprint density at radius 3 is 2.96 bits per heavy atom. The number of hydrogen-bond donors (Lipinski definition) is 2. The minimum atomic E-state index is -1.10. The first-order chi connectivity index (χ1) is 13.1. The Morgan fingerprint density at radius 2 is 2.19 bits per heavy atom. The highest BCUT2D eigenvalue weighted by Crippen LogP contribution is 2.33. The van der Waals surface area contributed by atoms with Crippen molar-refractivity contribution in [1.29, 1.82) is 0 Å². The molecule has 0 saturated carbocycles. The van der Waals surface area contributed by atoms with Crippen LogP contribution in [-0.4, -0.2) is 55.0 Å². The van der Waals surface area contributed by atoms with E-state index in [1.165, 1.54) is 19.8 Å². The average Bonchev–Trinajstić information content (AvgIpc) is 3.25. The number of methoxy groups -OCH3 is 1. The van der Waals surface area contributed by atoms with E-state index < -0.39 is 5.97 Å². The summed E-state index contributed by atoms with van der Waals surface area (Å²) in [4.78, 5) is 31.8. The molecule has 27 heavy (non-hydrogen) atoms. The first kappa shape index (κ1) is 16.9. The topological polar surface area (TPSA) is 124 Å². The molecule has 0 bridgehead atoms. The molecule has 10 nitrogen and oxygen atoms in total. The van der Waals surface area contributed by atoms with Crippen molar-refractivity contribution >= 4 is 17.6 Å². The maximum absolute atomic E-state index is 12.0. The van der Waals surface area contributed by atoms with Gasteiger partial charge in [-0.3, -0.25) is 9.36 Å². The third-order valence-corrected chi connectivity index (χ3v) is 4.30. The van der Waals surface area contributed by atoms with E-state index in [0.717, 1.165) is 0 Å². The van der Waals surface area contributed by atoms with Crippen molar-refractivity contribution in [1.82, 2.24) is 24.3 Å². The summed E-state index contributed by atoms with van der Waals surface area (Å²) in [6.45, 7) is 0.558. The number of aromatic nitrogens is 5. The Kier molecular flexibility index (Phi) is 4.16. The highest BCUT2D eigenvalue weighted by Gasteiger charge is 2.26. The largest absolute Gasteiger partial charge is 0.476 e. The Labute approximate surface area is 153 Å². The van der Waals surface area contributed by atoms with Gasteiger partial charge < -0.3 is 15.2 Å². The molecule has 0 fully saturated rings. The SMILES string of the molecule is COCCC(=O)Nc1ccc2c(c1)-c1ncnn1Cc1c(C(=O)O)ncn1-2. The first-order valence-electron chi connectivity index (χ1n) is 8.19. The van der Waals surface area contributed by atoms with Crippen molar-refractivity contribution in [2.75, 3.05) is 19.0 Å². The summed E-state index contributed by atoms with van der Waals surface area (Å²) in [7, 11) is 1.54. The number of anilines is 1. The third kappa shape index (κ3) is 2.95. The second-order valence-corrected chi connectivity index (χ2v) is 5.98. The first-order valence-corrected chi connectivity index (χ1v) is 8.19. The molecule has 138 valence electrons. The molecule has 0 aliphatic carbocycles. The smallest absolute Gasteiger partial charge is 0.356 e. The van der Waals surface area contributed by atoms with Crippen LogP contribution in [0.4, 0.5) is 5.69 Å². The minimum Gasteiger partial charge on any atom is -0.476 e. The summed E-state index contributed by atoms with van der Waals surface area (Å²) >= 11 is 0. The van der Waals surface area contributed by atoms with E-state index in [0.29, 0.717) is 35.1 Å². The van der Waals surface area contributed by atoms with E-state index in [1.54, 1.807) is 27.4 Å². The van der Waals surface area contributed by atoms with Crippen LogP contribution in [0.2, 0.25) is 0 Å². The summed E-state index contributed by atoms with van der Waals surface area (Å²) in [5.74, 6) is -0.683. The Bertz CT molecular complexity index is 1040. The lowest BCUT2D eigenvalue weighted by molar-refractivity contribution is -0.117. The molecule has 1 amide bonds. The van der Waals surface area contributed by atoms with Crippen LogP contribution in [0.1, 0.15) is 22.6 Å². The van der Waals surface area contributed by atoms with E-state index in [2.05, 4.69) is 20.4 Å². The molecule has 1 aliphatic heterocycles. The van der Waals surface area contributed by atoms with Crippen molar-refractivity contribution in [2.24, 2.45) is 0 Å². The Balaban J connectivity index is 1.80. The van der Waals surface area contributed by atoms with Crippen LogP contribution < -0.4 is 5.32 Å². The van der Waals surface area contributed by atoms with E-state index in [1.807, 2.05) is 0 Å². The van der Waals surface area contributed by atoms with Gasteiger partial charge in [-0.2, -0.15) is 5.10 Å². The van der Waals surface area contributed by atoms with Gasteiger partial charge in [0.05, 0.1) is 31.0 Å². The number of nitrogens with one attached hydrogen (secondary N) is 1. The fourth-order valence-corrected chi connectivity index (χ4v) is 3.06. The molecule has 1 aliphatic rings. The summed E-state index contributed by atoms with van der Waals surface area (Å²) in [5.41, 5.74) is 2.51. The van der Waals surface area contributed by atoms with E-state index in [4.69, 9.17) is 4.74 Å². The fourth-order valence-electron chi connectivity index (χ4n) is 3.06. The van der Waals surface area contributed by atoms with Crippen molar-refractivity contribution < 1.29 is 19.4 Å². The van der Waals surface area contributed by atoms with Crippen molar-refractivity contribution in [3.8, 4) is 17.1 Å². The van der Waals surface area contributed by atoms with Gasteiger partial charge >= 0.3 is 5.97 Å². The van der Waals surface area contributed by atoms with Gasteiger partial charge in [-0.05, 0) is 18.2 Å². The average molecular weight is 368 g/mol. The van der Waals surface area contributed by atoms with Crippen LogP contribution in [0.15, 0.2) is 30.9 Å². The number of carbonyl (C=O) groups excluding carboxylic acids is 1. The zero-order chi connectivity index (χ0) is 19.0. The lowest BCUT2D eigenvalue weighted by atomic mass is 10.1. The van der Waals surface area contributed by atoms with Crippen LogP contribution >= 0.6 is 0 Å². The summed E-state index contributed by atoms with van der Waals surface area (Å²) in [6.07, 6.45) is 3.13. The number of nitrogens with zero attached hydrogens (tertiary/aromatic N) is 5. The lowest BCUT2D eigenvalue weighted by Gasteiger charge is -2.11. The molecule has 10 heteroatoms. The zero-order valence-corrected chi connectivity index (χ0v) is 14.4.